The van der Waals surface area contributed by atoms with Gasteiger partial charge in [0, 0.05) is 42.7 Å². The molecule has 0 radical (unpaired) electrons. The standard InChI is InChI=1S/C24H23ClFN5O2/c1-4-33-22-12-20-17(11-21(22)30-23(32)6-5-9-31(2)3)24(15(13-27)14-28-20)29-16-7-8-19(26)18(25)10-16/h5-8,10-12,14H,4,9H2,1-3H3,(H,28,29)(H,30,32)/b6-5+/i1D3,4D2,5D,6D,7D,8D,9D2,10D. The molecule has 0 spiro atoms. The molecule has 0 aliphatic heterocycles. The fraction of sp³-hybridized carbons (Fsp3) is 0.208. The van der Waals surface area contributed by atoms with Gasteiger partial charge in [0.25, 0.3) is 0 Å². The van der Waals surface area contributed by atoms with Crippen LogP contribution in [-0.4, -0.2) is 42.9 Å². The number of fused-ring (bicyclic) bond motifs is 1. The lowest BCUT2D eigenvalue weighted by molar-refractivity contribution is -0.111. The van der Waals surface area contributed by atoms with Crippen molar-refractivity contribution in [3.8, 4) is 11.8 Å². The van der Waals surface area contributed by atoms with Gasteiger partial charge in [0.2, 0.25) is 5.91 Å². The number of benzene rings is 2. The number of pyridine rings is 1. The maximum absolute atomic E-state index is 14.2. The lowest BCUT2D eigenvalue weighted by atomic mass is 10.1. The normalized spacial score (nSPS) is 18.2. The molecule has 0 aliphatic rings. The van der Waals surface area contributed by atoms with E-state index >= 15 is 0 Å². The number of nitriles is 1. The monoisotopic (exact) mass is 479 g/mol. The molecule has 33 heavy (non-hydrogen) atoms. The van der Waals surface area contributed by atoms with Crippen molar-refractivity contribution in [1.29, 1.82) is 5.26 Å². The van der Waals surface area contributed by atoms with Crippen LogP contribution in [0.5, 0.6) is 5.75 Å². The zero-order valence-corrected chi connectivity index (χ0v) is 17.9. The fourth-order valence-electron chi connectivity index (χ4n) is 2.58. The van der Waals surface area contributed by atoms with Gasteiger partial charge in [-0.3, -0.25) is 9.78 Å². The highest BCUT2D eigenvalue weighted by molar-refractivity contribution is 6.31. The predicted octanol–water partition coefficient (Wildman–Crippen LogP) is 5.10. The summed E-state index contributed by atoms with van der Waals surface area (Å²) in [6, 6.07) is -0.863. The van der Waals surface area contributed by atoms with Crippen LogP contribution in [0.4, 0.5) is 21.5 Å². The van der Waals surface area contributed by atoms with Crippen molar-refractivity contribution >= 4 is 45.5 Å². The Morgan fingerprint density at radius 3 is 3.06 bits per heavy atom. The Morgan fingerprint density at radius 1 is 1.52 bits per heavy atom. The highest BCUT2D eigenvalue weighted by atomic mass is 35.5. The number of amides is 1. The summed E-state index contributed by atoms with van der Waals surface area (Å²) in [6.45, 7) is -9.24. The number of halogens is 2. The lowest BCUT2D eigenvalue weighted by Gasteiger charge is -2.16. The number of likely N-dealkylation sites (N-methyl/N-ethyl adjacent to an activating group) is 1. The molecule has 1 amide bonds. The summed E-state index contributed by atoms with van der Waals surface area (Å²) < 4.78 is 114. The topological polar surface area (TPSA) is 90.3 Å². The van der Waals surface area contributed by atoms with Crippen molar-refractivity contribution in [2.75, 3.05) is 37.8 Å². The van der Waals surface area contributed by atoms with Gasteiger partial charge in [-0.15, -0.1) is 0 Å². The van der Waals surface area contributed by atoms with E-state index < -0.39 is 84.0 Å². The van der Waals surface area contributed by atoms with Gasteiger partial charge < -0.3 is 20.3 Å². The van der Waals surface area contributed by atoms with E-state index in [9.17, 15) is 14.4 Å². The van der Waals surface area contributed by atoms with Crippen molar-refractivity contribution in [1.82, 2.24) is 9.88 Å². The van der Waals surface area contributed by atoms with Crippen LogP contribution in [0.1, 0.15) is 28.9 Å². The van der Waals surface area contributed by atoms with Crippen LogP contribution in [0.2, 0.25) is 5.02 Å². The van der Waals surface area contributed by atoms with E-state index in [1.54, 1.807) is 0 Å². The van der Waals surface area contributed by atoms with Gasteiger partial charge in [-0.2, -0.15) is 5.26 Å². The summed E-state index contributed by atoms with van der Waals surface area (Å²) in [5.41, 5.74) is -1.56. The third-order valence-electron chi connectivity index (χ3n) is 3.93. The van der Waals surface area contributed by atoms with Crippen LogP contribution in [0.25, 0.3) is 10.9 Å². The number of ether oxygens (including phenoxy) is 1. The number of nitrogens with zero attached hydrogens (tertiary/aromatic N) is 3. The highest BCUT2D eigenvalue weighted by Crippen LogP contribution is 2.36. The molecule has 7 nitrogen and oxygen atoms in total. The van der Waals surface area contributed by atoms with E-state index in [-0.39, 0.29) is 22.2 Å². The van der Waals surface area contributed by atoms with Crippen LogP contribution in [0, 0.1) is 17.1 Å². The number of rotatable bonds is 8. The van der Waals surface area contributed by atoms with Crippen molar-refractivity contribution in [3.05, 3.63) is 65.0 Å². The van der Waals surface area contributed by atoms with Crippen molar-refractivity contribution in [2.45, 2.75) is 6.85 Å². The third-order valence-corrected chi connectivity index (χ3v) is 4.19. The van der Waals surface area contributed by atoms with Crippen LogP contribution in [0.15, 0.2) is 48.6 Å². The molecule has 1 aromatic heterocycles. The van der Waals surface area contributed by atoms with Gasteiger partial charge in [-0.25, -0.2) is 4.39 Å². The second-order valence-electron chi connectivity index (χ2n) is 6.44. The molecule has 0 bridgehead atoms. The Kier molecular flexibility index (Phi) is 4.09. The van der Waals surface area contributed by atoms with Gasteiger partial charge in [-0.05, 0) is 45.1 Å². The summed E-state index contributed by atoms with van der Waals surface area (Å²) in [7, 11) is 2.53. The Bertz CT molecular complexity index is 1750. The molecule has 0 unspecified atom stereocenters. The second-order valence-corrected chi connectivity index (χ2v) is 6.82. The van der Waals surface area contributed by atoms with Crippen LogP contribution < -0.4 is 15.4 Å². The molecule has 1 heterocycles. The SMILES string of the molecule is [2H]/C(C(=O)Nc1cc2c(Nc3c([2H])c([2H])c(F)c(Cl)c3[2H])c(C#N)cnc2cc1OC([2H])([2H])C([2H])([2H])[2H])=C(/[2H])C([2H])([2H])N(C)C. The summed E-state index contributed by atoms with van der Waals surface area (Å²) in [6.07, 6.45) is 1.02. The highest BCUT2D eigenvalue weighted by Gasteiger charge is 2.15. The van der Waals surface area contributed by atoms with E-state index in [1.165, 1.54) is 14.1 Å². The zero-order chi connectivity index (χ0) is 34.4. The molecule has 170 valence electrons. The number of hydrogen-bond acceptors (Lipinski definition) is 6. The average molecular weight is 480 g/mol. The smallest absolute Gasteiger partial charge is 0.248 e. The number of nitrogens with one attached hydrogen (secondary N) is 2. The predicted molar refractivity (Wildman–Crippen MR) is 129 cm³/mol. The number of hydrogen-bond donors (Lipinski definition) is 2. The number of anilines is 3. The molecule has 3 rings (SSSR count). The van der Waals surface area contributed by atoms with E-state index in [2.05, 4.69) is 15.6 Å². The zero-order valence-electron chi connectivity index (χ0n) is 29.1. The molecule has 2 aromatic carbocycles. The third kappa shape index (κ3) is 5.98. The summed E-state index contributed by atoms with van der Waals surface area (Å²) >= 11 is 5.83. The molecule has 0 saturated heterocycles. The summed E-state index contributed by atoms with van der Waals surface area (Å²) in [5, 5.41) is 13.7. The first-order valence-electron chi connectivity index (χ1n) is 15.0. The van der Waals surface area contributed by atoms with Crippen LogP contribution >= 0.6 is 11.6 Å². The average Bonchev–Trinajstić information content (AvgIpc) is 2.95. The molecule has 2 N–H and O–H groups in total. The number of aromatic nitrogens is 1. The van der Waals surface area contributed by atoms with Crippen molar-refractivity contribution in [3.63, 3.8) is 0 Å². The first-order chi connectivity index (χ1) is 20.6. The molecule has 0 atom stereocenters. The van der Waals surface area contributed by atoms with Crippen molar-refractivity contribution in [2.24, 2.45) is 0 Å². The molecule has 0 aliphatic carbocycles. The summed E-state index contributed by atoms with van der Waals surface area (Å²) in [4.78, 5) is 18.0. The Morgan fingerprint density at radius 2 is 2.33 bits per heavy atom. The van der Waals surface area contributed by atoms with Crippen LogP contribution in [-0.2, 0) is 4.79 Å². The fourth-order valence-corrected chi connectivity index (χ4v) is 2.72. The first-order valence-corrected chi connectivity index (χ1v) is 9.39. The van der Waals surface area contributed by atoms with Gasteiger partial charge in [0.1, 0.15) is 17.6 Å². The van der Waals surface area contributed by atoms with Gasteiger partial charge in [0.05, 0.1) is 43.6 Å². The van der Waals surface area contributed by atoms with Gasteiger partial charge in [-0.1, -0.05) is 17.7 Å². The molecule has 0 fully saturated rings. The molecular weight excluding hydrogens is 445 g/mol. The maximum Gasteiger partial charge on any atom is 0.248 e. The lowest BCUT2D eigenvalue weighted by Crippen LogP contribution is -2.13. The minimum absolute atomic E-state index is 0.0952. The van der Waals surface area contributed by atoms with E-state index in [4.69, 9.17) is 32.8 Å². The van der Waals surface area contributed by atoms with Crippen molar-refractivity contribution < 1.29 is 30.4 Å². The van der Waals surface area contributed by atoms with E-state index in [0.717, 1.165) is 23.2 Å². The molecule has 9 heteroatoms. The number of carbonyl (C=O) groups is 1. The Balaban J connectivity index is 2.33. The summed E-state index contributed by atoms with van der Waals surface area (Å²) in [5.74, 6) is -3.33. The largest absolute Gasteiger partial charge is 0.492 e. The van der Waals surface area contributed by atoms with Gasteiger partial charge in [0.15, 0.2) is 0 Å². The molecule has 0 saturated carbocycles. The second kappa shape index (κ2) is 10.8. The Hall–Kier alpha value is -3.67. The Labute approximate surface area is 213 Å². The molecular formula is C24H23ClFN5O2. The first kappa shape index (κ1) is 12.5. The molecule has 3 aromatic rings. The minimum atomic E-state index is -3.34. The van der Waals surface area contributed by atoms with Gasteiger partial charge >= 0.3 is 0 Å². The van der Waals surface area contributed by atoms with E-state index in [1.807, 2.05) is 6.07 Å². The maximum atomic E-state index is 14.2. The van der Waals surface area contributed by atoms with Crippen LogP contribution in [0.3, 0.4) is 0 Å². The quantitative estimate of drug-likeness (QED) is 0.437. The van der Waals surface area contributed by atoms with E-state index in [0.29, 0.717) is 0 Å². The number of carbonyl (C=O) groups excluding carboxylic acids is 1. The minimum Gasteiger partial charge on any atom is -0.492 e.